The Labute approximate surface area is 142 Å². The zero-order valence-electron chi connectivity index (χ0n) is 13.9. The monoisotopic (exact) mass is 325 g/mol. The van der Waals surface area contributed by atoms with Gasteiger partial charge in [-0.2, -0.15) is 0 Å². The van der Waals surface area contributed by atoms with Crippen molar-refractivity contribution in [1.82, 2.24) is 9.88 Å². The van der Waals surface area contributed by atoms with Gasteiger partial charge in [0.15, 0.2) is 0 Å². The van der Waals surface area contributed by atoms with Crippen molar-refractivity contribution >= 4 is 11.9 Å². The summed E-state index contributed by atoms with van der Waals surface area (Å²) in [7, 11) is 0. The zero-order valence-corrected chi connectivity index (χ0v) is 13.9. The molecule has 0 aliphatic carbocycles. The van der Waals surface area contributed by atoms with E-state index < -0.39 is 0 Å². The number of benzene rings is 1. The SMILES string of the molecule is Cc1cc([C@@H]2CCCCN2C(=O)OCc2ccccc2)cnc1N. The number of rotatable bonds is 3. The molecule has 0 spiro atoms. The minimum atomic E-state index is -0.266. The number of hydrogen-bond acceptors (Lipinski definition) is 4. The Morgan fingerprint density at radius 2 is 2.12 bits per heavy atom. The van der Waals surface area contributed by atoms with E-state index in [2.05, 4.69) is 4.98 Å². The highest BCUT2D eigenvalue weighted by molar-refractivity contribution is 5.68. The number of nitrogen functional groups attached to an aromatic ring is 1. The number of nitrogens with two attached hydrogens (primary N) is 1. The number of piperidine rings is 1. The second kappa shape index (κ2) is 7.34. The van der Waals surface area contributed by atoms with Crippen LogP contribution in [0.25, 0.3) is 0 Å². The summed E-state index contributed by atoms with van der Waals surface area (Å²) in [4.78, 5) is 18.6. The van der Waals surface area contributed by atoms with E-state index in [0.717, 1.165) is 36.0 Å². The third-order valence-electron chi connectivity index (χ3n) is 4.47. The van der Waals surface area contributed by atoms with E-state index in [0.29, 0.717) is 19.0 Å². The number of anilines is 1. The second-order valence-electron chi connectivity index (χ2n) is 6.22. The van der Waals surface area contributed by atoms with Crippen LogP contribution >= 0.6 is 0 Å². The number of amides is 1. The highest BCUT2D eigenvalue weighted by Crippen LogP contribution is 2.32. The Kier molecular flexibility index (Phi) is 4.99. The molecule has 1 saturated heterocycles. The predicted molar refractivity (Wildman–Crippen MR) is 93.3 cm³/mol. The van der Waals surface area contributed by atoms with E-state index in [9.17, 15) is 4.79 Å². The van der Waals surface area contributed by atoms with Gasteiger partial charge in [0, 0.05) is 12.7 Å². The van der Waals surface area contributed by atoms with Crippen LogP contribution in [0.3, 0.4) is 0 Å². The smallest absolute Gasteiger partial charge is 0.410 e. The summed E-state index contributed by atoms with van der Waals surface area (Å²) in [6.45, 7) is 2.94. The minimum Gasteiger partial charge on any atom is -0.445 e. The van der Waals surface area contributed by atoms with Gasteiger partial charge in [0.25, 0.3) is 0 Å². The molecule has 0 radical (unpaired) electrons. The first kappa shape index (κ1) is 16.3. The molecular weight excluding hydrogens is 302 g/mol. The molecule has 126 valence electrons. The maximum Gasteiger partial charge on any atom is 0.410 e. The average molecular weight is 325 g/mol. The van der Waals surface area contributed by atoms with E-state index in [1.807, 2.05) is 48.2 Å². The van der Waals surface area contributed by atoms with Crippen LogP contribution in [-0.2, 0) is 11.3 Å². The Morgan fingerprint density at radius 3 is 2.88 bits per heavy atom. The highest BCUT2D eigenvalue weighted by atomic mass is 16.6. The molecule has 1 aliphatic heterocycles. The number of aromatic nitrogens is 1. The van der Waals surface area contributed by atoms with Gasteiger partial charge in [-0.3, -0.25) is 0 Å². The van der Waals surface area contributed by atoms with Crippen LogP contribution in [0, 0.1) is 6.92 Å². The van der Waals surface area contributed by atoms with Gasteiger partial charge < -0.3 is 15.4 Å². The Morgan fingerprint density at radius 1 is 1.33 bits per heavy atom. The molecule has 0 unspecified atom stereocenters. The van der Waals surface area contributed by atoms with Crippen molar-refractivity contribution in [3.8, 4) is 0 Å². The van der Waals surface area contributed by atoms with Crippen molar-refractivity contribution in [1.29, 1.82) is 0 Å². The van der Waals surface area contributed by atoms with Gasteiger partial charge in [0.1, 0.15) is 12.4 Å². The fraction of sp³-hybridized carbons (Fsp3) is 0.368. The summed E-state index contributed by atoms with van der Waals surface area (Å²) in [5.41, 5.74) is 8.77. The van der Waals surface area contributed by atoms with E-state index in [4.69, 9.17) is 10.5 Å². The van der Waals surface area contributed by atoms with E-state index in [1.54, 1.807) is 6.20 Å². The maximum absolute atomic E-state index is 12.6. The van der Waals surface area contributed by atoms with Crippen LogP contribution < -0.4 is 5.73 Å². The molecular formula is C19H23N3O2. The number of carbonyl (C=O) groups excluding carboxylic acids is 1. The van der Waals surface area contributed by atoms with E-state index in [-0.39, 0.29) is 12.1 Å². The molecule has 5 heteroatoms. The largest absolute Gasteiger partial charge is 0.445 e. The fourth-order valence-corrected chi connectivity index (χ4v) is 3.09. The van der Waals surface area contributed by atoms with Crippen molar-refractivity contribution < 1.29 is 9.53 Å². The van der Waals surface area contributed by atoms with Gasteiger partial charge in [0.2, 0.25) is 0 Å². The number of ether oxygens (including phenoxy) is 1. The van der Waals surface area contributed by atoms with Crippen molar-refractivity contribution in [2.75, 3.05) is 12.3 Å². The molecule has 1 atom stereocenters. The zero-order chi connectivity index (χ0) is 16.9. The van der Waals surface area contributed by atoms with Crippen LogP contribution in [-0.4, -0.2) is 22.5 Å². The molecule has 5 nitrogen and oxygen atoms in total. The number of pyridine rings is 1. The van der Waals surface area contributed by atoms with Gasteiger partial charge in [0.05, 0.1) is 6.04 Å². The molecule has 1 aromatic carbocycles. The lowest BCUT2D eigenvalue weighted by Gasteiger charge is -2.35. The van der Waals surface area contributed by atoms with Crippen LogP contribution in [0.1, 0.15) is 42.0 Å². The fourth-order valence-electron chi connectivity index (χ4n) is 3.09. The molecule has 0 saturated carbocycles. The molecule has 2 N–H and O–H groups in total. The normalized spacial score (nSPS) is 17.5. The van der Waals surface area contributed by atoms with Crippen LogP contribution in [0.2, 0.25) is 0 Å². The molecule has 1 aliphatic rings. The van der Waals surface area contributed by atoms with Crippen molar-refractivity contribution in [2.45, 2.75) is 38.8 Å². The molecule has 0 bridgehead atoms. The van der Waals surface area contributed by atoms with Crippen molar-refractivity contribution in [2.24, 2.45) is 0 Å². The third kappa shape index (κ3) is 3.67. The van der Waals surface area contributed by atoms with Gasteiger partial charge in [-0.05, 0) is 48.9 Å². The molecule has 2 heterocycles. The van der Waals surface area contributed by atoms with Gasteiger partial charge in [-0.25, -0.2) is 9.78 Å². The number of carbonyl (C=O) groups is 1. The standard InChI is InChI=1S/C19H23N3O2/c1-14-11-16(12-21-18(14)20)17-9-5-6-10-22(17)19(23)24-13-15-7-3-2-4-8-15/h2-4,7-8,11-12,17H,5-6,9-10,13H2,1H3,(H2,20,21)/t17-/m0/s1. The lowest BCUT2D eigenvalue weighted by molar-refractivity contribution is 0.0678. The predicted octanol–water partition coefficient (Wildman–Crippen LogP) is 3.84. The second-order valence-corrected chi connectivity index (χ2v) is 6.22. The van der Waals surface area contributed by atoms with E-state index >= 15 is 0 Å². The topological polar surface area (TPSA) is 68.5 Å². The minimum absolute atomic E-state index is 0.00817. The van der Waals surface area contributed by atoms with Crippen LogP contribution in [0.4, 0.5) is 10.6 Å². The summed E-state index contributed by atoms with van der Waals surface area (Å²) < 4.78 is 5.52. The summed E-state index contributed by atoms with van der Waals surface area (Å²) in [6, 6.07) is 11.8. The molecule has 2 aromatic rings. The van der Waals surface area contributed by atoms with Crippen molar-refractivity contribution in [3.05, 3.63) is 59.3 Å². The Hall–Kier alpha value is -2.56. The van der Waals surface area contributed by atoms with E-state index in [1.165, 1.54) is 0 Å². The number of aryl methyl sites for hydroxylation is 1. The maximum atomic E-state index is 12.6. The molecule has 1 aromatic heterocycles. The molecule has 1 fully saturated rings. The number of nitrogens with zero attached hydrogens (tertiary/aromatic N) is 2. The summed E-state index contributed by atoms with van der Waals surface area (Å²) in [6.07, 6.45) is 4.52. The molecule has 24 heavy (non-hydrogen) atoms. The third-order valence-corrected chi connectivity index (χ3v) is 4.47. The summed E-state index contributed by atoms with van der Waals surface area (Å²) >= 11 is 0. The number of hydrogen-bond donors (Lipinski definition) is 1. The first-order chi connectivity index (χ1) is 11.6. The summed E-state index contributed by atoms with van der Waals surface area (Å²) in [5.74, 6) is 0.535. The average Bonchev–Trinajstić information content (AvgIpc) is 2.63. The Balaban J connectivity index is 1.71. The van der Waals surface area contributed by atoms with Gasteiger partial charge in [-0.15, -0.1) is 0 Å². The van der Waals surface area contributed by atoms with Crippen LogP contribution in [0.15, 0.2) is 42.6 Å². The number of likely N-dealkylation sites (tertiary alicyclic amines) is 1. The quantitative estimate of drug-likeness (QED) is 0.931. The lowest BCUT2D eigenvalue weighted by Crippen LogP contribution is -2.38. The molecule has 3 rings (SSSR count). The highest BCUT2D eigenvalue weighted by Gasteiger charge is 2.29. The first-order valence-corrected chi connectivity index (χ1v) is 8.34. The lowest BCUT2D eigenvalue weighted by atomic mass is 9.96. The first-order valence-electron chi connectivity index (χ1n) is 8.34. The summed E-state index contributed by atoms with van der Waals surface area (Å²) in [5, 5.41) is 0. The Bertz CT molecular complexity index is 703. The molecule has 1 amide bonds. The van der Waals surface area contributed by atoms with Gasteiger partial charge >= 0.3 is 6.09 Å². The van der Waals surface area contributed by atoms with Crippen molar-refractivity contribution in [3.63, 3.8) is 0 Å². The van der Waals surface area contributed by atoms with Gasteiger partial charge in [-0.1, -0.05) is 30.3 Å². The van der Waals surface area contributed by atoms with Crippen LogP contribution in [0.5, 0.6) is 0 Å².